The van der Waals surface area contributed by atoms with Gasteiger partial charge in [0.25, 0.3) is 0 Å². The molecule has 5 nitrogen and oxygen atoms in total. The van der Waals surface area contributed by atoms with Crippen molar-refractivity contribution in [1.82, 2.24) is 9.88 Å². The Hall–Kier alpha value is -2.57. The predicted octanol–water partition coefficient (Wildman–Crippen LogP) is 4.72. The van der Waals surface area contributed by atoms with Gasteiger partial charge in [-0.25, -0.2) is 4.98 Å². The van der Waals surface area contributed by atoms with Crippen molar-refractivity contribution in [3.8, 4) is 17.2 Å². The molecule has 0 atom stereocenters. The van der Waals surface area contributed by atoms with Crippen LogP contribution in [0.2, 0.25) is 0 Å². The lowest BCUT2D eigenvalue weighted by Crippen LogP contribution is -2.21. The molecule has 1 aromatic heterocycles. The second kappa shape index (κ2) is 10.3. The Morgan fingerprint density at radius 2 is 1.76 bits per heavy atom. The lowest BCUT2D eigenvalue weighted by atomic mass is 10.1. The number of rotatable bonds is 10. The van der Waals surface area contributed by atoms with Crippen LogP contribution < -0.4 is 14.2 Å². The Morgan fingerprint density at radius 3 is 2.48 bits per heavy atom. The molecule has 0 fully saturated rings. The van der Waals surface area contributed by atoms with Gasteiger partial charge in [0.1, 0.15) is 17.4 Å². The molecule has 0 aliphatic carbocycles. The number of aryl methyl sites for hydroxylation is 1. The molecule has 0 aliphatic heterocycles. The summed E-state index contributed by atoms with van der Waals surface area (Å²) in [6, 6.07) is 14.2. The largest absolute Gasteiger partial charge is 0.493 e. The molecule has 6 heteroatoms. The van der Waals surface area contributed by atoms with E-state index in [1.807, 2.05) is 24.3 Å². The van der Waals surface area contributed by atoms with Gasteiger partial charge in [-0.3, -0.25) is 0 Å². The molecule has 0 saturated heterocycles. The molecule has 0 saturated carbocycles. The fourth-order valence-corrected chi connectivity index (χ4v) is 3.68. The van der Waals surface area contributed by atoms with Crippen molar-refractivity contribution in [3.63, 3.8) is 0 Å². The van der Waals surface area contributed by atoms with E-state index in [2.05, 4.69) is 42.5 Å². The van der Waals surface area contributed by atoms with Crippen LogP contribution in [0.15, 0.2) is 47.8 Å². The van der Waals surface area contributed by atoms with Gasteiger partial charge in [0.05, 0.1) is 19.9 Å². The second-order valence-electron chi connectivity index (χ2n) is 7.01. The van der Waals surface area contributed by atoms with Crippen molar-refractivity contribution in [3.05, 3.63) is 69.7 Å². The minimum Gasteiger partial charge on any atom is -0.493 e. The van der Waals surface area contributed by atoms with Gasteiger partial charge in [-0.05, 0) is 50.2 Å². The maximum atomic E-state index is 5.82. The molecule has 0 N–H and O–H groups in total. The first-order valence-corrected chi connectivity index (χ1v) is 10.5. The second-order valence-corrected chi connectivity index (χ2v) is 7.95. The van der Waals surface area contributed by atoms with E-state index in [-0.39, 0.29) is 0 Å². The Labute approximate surface area is 176 Å². The zero-order valence-electron chi connectivity index (χ0n) is 17.5. The smallest absolute Gasteiger partial charge is 0.160 e. The first-order valence-electron chi connectivity index (χ1n) is 9.59. The first-order chi connectivity index (χ1) is 14.1. The molecule has 0 unspecified atom stereocenters. The predicted molar refractivity (Wildman–Crippen MR) is 117 cm³/mol. The molecule has 3 rings (SSSR count). The van der Waals surface area contributed by atoms with Crippen LogP contribution in [0.3, 0.4) is 0 Å². The number of ether oxygens (including phenoxy) is 3. The Bertz CT molecular complexity index is 909. The number of methoxy groups -OCH3 is 2. The molecule has 1 heterocycles. The molecular formula is C23H28N2O3S. The van der Waals surface area contributed by atoms with Gasteiger partial charge in [0.2, 0.25) is 0 Å². The minimum absolute atomic E-state index is 0.503. The highest BCUT2D eigenvalue weighted by atomic mass is 32.1. The van der Waals surface area contributed by atoms with Crippen LogP contribution in [0.1, 0.15) is 21.8 Å². The summed E-state index contributed by atoms with van der Waals surface area (Å²) in [6.45, 7) is 4.32. The maximum absolute atomic E-state index is 5.82. The number of thiazole rings is 1. The summed E-state index contributed by atoms with van der Waals surface area (Å²) in [4.78, 5) is 6.98. The minimum atomic E-state index is 0.503. The normalized spacial score (nSPS) is 10.9. The Kier molecular flexibility index (Phi) is 7.49. The van der Waals surface area contributed by atoms with Crippen molar-refractivity contribution in [2.24, 2.45) is 0 Å². The average Bonchev–Trinajstić information content (AvgIpc) is 3.18. The third kappa shape index (κ3) is 6.21. The highest BCUT2D eigenvalue weighted by Gasteiger charge is 2.09. The summed E-state index contributed by atoms with van der Waals surface area (Å²) in [7, 11) is 5.43. The van der Waals surface area contributed by atoms with Crippen molar-refractivity contribution in [1.29, 1.82) is 0 Å². The van der Waals surface area contributed by atoms with E-state index in [0.29, 0.717) is 6.61 Å². The summed E-state index contributed by atoms with van der Waals surface area (Å²) in [6.07, 6.45) is 0.935. The number of hydrogen-bond donors (Lipinski definition) is 0. The number of aromatic nitrogens is 1. The quantitative estimate of drug-likeness (QED) is 0.482. The Balaban J connectivity index is 1.47. The fourth-order valence-electron chi connectivity index (χ4n) is 2.98. The molecule has 2 aromatic carbocycles. The fraction of sp³-hybridized carbons (Fsp3) is 0.348. The maximum Gasteiger partial charge on any atom is 0.160 e. The van der Waals surface area contributed by atoms with Crippen LogP contribution >= 0.6 is 11.3 Å². The van der Waals surface area contributed by atoms with E-state index in [9.17, 15) is 0 Å². The van der Waals surface area contributed by atoms with Crippen LogP contribution in [0.4, 0.5) is 0 Å². The molecule has 0 radical (unpaired) electrons. The van der Waals surface area contributed by atoms with E-state index in [0.717, 1.165) is 47.5 Å². The zero-order valence-corrected chi connectivity index (χ0v) is 18.3. The molecule has 0 spiro atoms. The number of likely N-dealkylation sites (N-methyl/N-ethyl adjacent to an activating group) is 1. The highest BCUT2D eigenvalue weighted by molar-refractivity contribution is 7.09. The van der Waals surface area contributed by atoms with Gasteiger partial charge in [-0.2, -0.15) is 0 Å². The van der Waals surface area contributed by atoms with Crippen LogP contribution in [-0.2, 0) is 19.6 Å². The van der Waals surface area contributed by atoms with E-state index in [4.69, 9.17) is 19.2 Å². The number of benzene rings is 2. The standard InChI is InChI=1S/C23H28N2O3S/c1-17-5-8-20(9-6-17)28-15-23-24-19(16-29-23)14-25(2)12-11-18-7-10-21(26-3)22(13-18)27-4/h5-10,13,16H,11-12,14-15H2,1-4H3. The first kappa shape index (κ1) is 21.1. The van der Waals surface area contributed by atoms with E-state index in [1.165, 1.54) is 11.1 Å². The number of nitrogens with zero attached hydrogens (tertiary/aromatic N) is 2. The molecule has 0 aliphatic rings. The van der Waals surface area contributed by atoms with Crippen LogP contribution in [0, 0.1) is 6.92 Å². The highest BCUT2D eigenvalue weighted by Crippen LogP contribution is 2.27. The summed E-state index contributed by atoms with van der Waals surface area (Å²) in [5, 5.41) is 3.11. The van der Waals surface area contributed by atoms with Crippen molar-refractivity contribution >= 4 is 11.3 Å². The summed E-state index contributed by atoms with van der Waals surface area (Å²) in [5.41, 5.74) is 3.53. The molecule has 154 valence electrons. The molecule has 0 bridgehead atoms. The topological polar surface area (TPSA) is 43.8 Å². The monoisotopic (exact) mass is 412 g/mol. The molecule has 0 amide bonds. The summed E-state index contributed by atoms with van der Waals surface area (Å²) >= 11 is 1.64. The van der Waals surface area contributed by atoms with Crippen molar-refractivity contribution in [2.75, 3.05) is 27.8 Å². The van der Waals surface area contributed by atoms with Gasteiger partial charge in [-0.15, -0.1) is 11.3 Å². The van der Waals surface area contributed by atoms with Gasteiger partial charge in [0.15, 0.2) is 11.5 Å². The SMILES string of the molecule is COc1ccc(CCN(C)Cc2csc(COc3ccc(C)cc3)n2)cc1OC. The summed E-state index contributed by atoms with van der Waals surface area (Å²) in [5.74, 6) is 2.40. The van der Waals surface area contributed by atoms with Crippen LogP contribution in [0.25, 0.3) is 0 Å². The number of hydrogen-bond acceptors (Lipinski definition) is 6. The van der Waals surface area contributed by atoms with Crippen LogP contribution in [0.5, 0.6) is 17.2 Å². The lowest BCUT2D eigenvalue weighted by Gasteiger charge is -2.16. The molecule has 3 aromatic rings. The molecule has 29 heavy (non-hydrogen) atoms. The van der Waals surface area contributed by atoms with E-state index < -0.39 is 0 Å². The van der Waals surface area contributed by atoms with Gasteiger partial charge in [0, 0.05) is 18.5 Å². The molecular weight excluding hydrogens is 384 g/mol. The lowest BCUT2D eigenvalue weighted by molar-refractivity contribution is 0.302. The van der Waals surface area contributed by atoms with Gasteiger partial charge < -0.3 is 19.1 Å². The summed E-state index contributed by atoms with van der Waals surface area (Å²) < 4.78 is 16.5. The van der Waals surface area contributed by atoms with Gasteiger partial charge in [-0.1, -0.05) is 23.8 Å². The van der Waals surface area contributed by atoms with Crippen molar-refractivity contribution in [2.45, 2.75) is 26.5 Å². The zero-order chi connectivity index (χ0) is 20.6. The average molecular weight is 413 g/mol. The van der Waals surface area contributed by atoms with E-state index in [1.54, 1.807) is 25.6 Å². The van der Waals surface area contributed by atoms with Crippen molar-refractivity contribution < 1.29 is 14.2 Å². The van der Waals surface area contributed by atoms with Gasteiger partial charge >= 0.3 is 0 Å². The van der Waals surface area contributed by atoms with E-state index >= 15 is 0 Å². The Morgan fingerprint density at radius 1 is 1.00 bits per heavy atom. The third-order valence-electron chi connectivity index (χ3n) is 4.64. The third-order valence-corrected chi connectivity index (χ3v) is 5.52. The van der Waals surface area contributed by atoms with Crippen LogP contribution in [-0.4, -0.2) is 37.7 Å².